The summed E-state index contributed by atoms with van der Waals surface area (Å²) in [6.07, 6.45) is 2.79. The number of benzene rings is 3. The monoisotopic (exact) mass is 357 g/mol. The molecule has 0 bridgehead atoms. The summed E-state index contributed by atoms with van der Waals surface area (Å²) in [5.41, 5.74) is 3.88. The molecular weight excluding hydrogens is 334 g/mol. The normalized spacial score (nSPS) is 12.1. The van der Waals surface area contributed by atoms with Gasteiger partial charge in [-0.05, 0) is 66.4 Å². The van der Waals surface area contributed by atoms with Gasteiger partial charge in [0.2, 0.25) is 0 Å². The van der Waals surface area contributed by atoms with E-state index in [4.69, 9.17) is 4.74 Å². The molecule has 0 saturated heterocycles. The number of rotatable bonds is 6. The van der Waals surface area contributed by atoms with E-state index in [0.717, 1.165) is 12.0 Å². The molecule has 0 spiro atoms. The molecular formula is C24H23NO2. The van der Waals surface area contributed by atoms with Gasteiger partial charge in [0.1, 0.15) is 5.75 Å². The quantitative estimate of drug-likeness (QED) is 0.325. The van der Waals surface area contributed by atoms with E-state index in [9.17, 15) is 4.79 Å². The fourth-order valence-corrected chi connectivity index (χ4v) is 2.68. The molecule has 136 valence electrons. The van der Waals surface area contributed by atoms with Gasteiger partial charge in [-0.2, -0.15) is 0 Å². The van der Waals surface area contributed by atoms with Crippen molar-refractivity contribution in [2.45, 2.75) is 26.3 Å². The van der Waals surface area contributed by atoms with Gasteiger partial charge in [0.05, 0.1) is 11.6 Å². The first kappa shape index (κ1) is 18.6. The fraction of sp³-hybridized carbons (Fsp3) is 0.167. The second-order valence-electron chi connectivity index (χ2n) is 6.37. The lowest BCUT2D eigenvalue weighted by Gasteiger charge is -2.07. The van der Waals surface area contributed by atoms with Crippen molar-refractivity contribution in [3.63, 3.8) is 0 Å². The zero-order chi connectivity index (χ0) is 19.1. The Morgan fingerprint density at radius 1 is 0.963 bits per heavy atom. The SMILES string of the molecule is CCc1ccc(C(=O)Oc2ccc(C=NC(C)c3ccccc3)cc2)cc1. The van der Waals surface area contributed by atoms with Gasteiger partial charge in [-0.3, -0.25) is 4.99 Å². The largest absolute Gasteiger partial charge is 0.423 e. The van der Waals surface area contributed by atoms with E-state index < -0.39 is 0 Å². The van der Waals surface area contributed by atoms with Crippen LogP contribution in [0.2, 0.25) is 0 Å². The number of hydrogen-bond donors (Lipinski definition) is 0. The molecule has 1 unspecified atom stereocenters. The first-order valence-corrected chi connectivity index (χ1v) is 9.15. The van der Waals surface area contributed by atoms with Crippen LogP contribution in [0.15, 0.2) is 83.9 Å². The lowest BCUT2D eigenvalue weighted by Crippen LogP contribution is -2.08. The molecule has 0 aliphatic carbocycles. The van der Waals surface area contributed by atoms with Gasteiger partial charge in [0.25, 0.3) is 0 Å². The minimum atomic E-state index is -0.350. The third-order valence-electron chi connectivity index (χ3n) is 4.42. The lowest BCUT2D eigenvalue weighted by molar-refractivity contribution is 0.0735. The predicted molar refractivity (Wildman–Crippen MR) is 110 cm³/mol. The summed E-state index contributed by atoms with van der Waals surface area (Å²) in [6, 6.07) is 25.1. The van der Waals surface area contributed by atoms with Crippen LogP contribution >= 0.6 is 0 Å². The highest BCUT2D eigenvalue weighted by atomic mass is 16.5. The van der Waals surface area contributed by atoms with E-state index in [1.165, 1.54) is 11.1 Å². The van der Waals surface area contributed by atoms with Crippen molar-refractivity contribution in [3.05, 3.63) is 101 Å². The minimum Gasteiger partial charge on any atom is -0.423 e. The molecule has 3 rings (SSSR count). The van der Waals surface area contributed by atoms with E-state index in [-0.39, 0.29) is 12.0 Å². The van der Waals surface area contributed by atoms with E-state index in [1.807, 2.05) is 48.7 Å². The second kappa shape index (κ2) is 8.95. The molecule has 3 nitrogen and oxygen atoms in total. The second-order valence-corrected chi connectivity index (χ2v) is 6.37. The third kappa shape index (κ3) is 5.14. The van der Waals surface area contributed by atoms with Gasteiger partial charge in [0, 0.05) is 6.21 Å². The molecule has 3 aromatic rings. The van der Waals surface area contributed by atoms with Crippen LogP contribution in [-0.4, -0.2) is 12.2 Å². The molecule has 1 atom stereocenters. The van der Waals surface area contributed by atoms with Gasteiger partial charge in [-0.15, -0.1) is 0 Å². The molecule has 0 fully saturated rings. The van der Waals surface area contributed by atoms with Crippen LogP contribution < -0.4 is 4.74 Å². The van der Waals surface area contributed by atoms with E-state index >= 15 is 0 Å². The average molecular weight is 357 g/mol. The highest BCUT2D eigenvalue weighted by molar-refractivity contribution is 5.91. The van der Waals surface area contributed by atoms with E-state index in [2.05, 4.69) is 31.0 Å². The van der Waals surface area contributed by atoms with Crippen molar-refractivity contribution in [3.8, 4) is 5.75 Å². The Morgan fingerprint density at radius 2 is 1.63 bits per heavy atom. The summed E-state index contributed by atoms with van der Waals surface area (Å²) >= 11 is 0. The topological polar surface area (TPSA) is 38.7 Å². The molecule has 3 aromatic carbocycles. The highest BCUT2D eigenvalue weighted by Gasteiger charge is 2.08. The fourth-order valence-electron chi connectivity index (χ4n) is 2.68. The number of hydrogen-bond acceptors (Lipinski definition) is 3. The number of aliphatic imine (C=N–C) groups is 1. The molecule has 0 aliphatic rings. The van der Waals surface area contributed by atoms with Gasteiger partial charge >= 0.3 is 5.97 Å². The maximum absolute atomic E-state index is 12.2. The number of aryl methyl sites for hydroxylation is 1. The zero-order valence-corrected chi connectivity index (χ0v) is 15.6. The Hall–Kier alpha value is -3.20. The Labute approximate surface area is 160 Å². The zero-order valence-electron chi connectivity index (χ0n) is 15.6. The van der Waals surface area contributed by atoms with Crippen LogP contribution in [0.5, 0.6) is 5.75 Å². The van der Waals surface area contributed by atoms with Gasteiger partial charge in [0.15, 0.2) is 0 Å². The number of esters is 1. The first-order chi connectivity index (χ1) is 13.2. The van der Waals surface area contributed by atoms with Crippen molar-refractivity contribution in [2.75, 3.05) is 0 Å². The van der Waals surface area contributed by atoms with Crippen molar-refractivity contribution in [1.82, 2.24) is 0 Å². The standard InChI is InChI=1S/C24H23NO2/c1-3-19-9-13-22(14-10-19)24(26)27-23-15-11-20(12-16-23)17-25-18(2)21-7-5-4-6-8-21/h4-18H,3H2,1-2H3. The number of nitrogens with zero attached hydrogens (tertiary/aromatic N) is 1. The summed E-state index contributed by atoms with van der Waals surface area (Å²) < 4.78 is 5.44. The van der Waals surface area contributed by atoms with Gasteiger partial charge in [-0.1, -0.05) is 49.4 Å². The van der Waals surface area contributed by atoms with Crippen LogP contribution in [0, 0.1) is 0 Å². The number of carbonyl (C=O) groups is 1. The summed E-state index contributed by atoms with van der Waals surface area (Å²) in [5, 5.41) is 0. The molecule has 0 aromatic heterocycles. The Balaban J connectivity index is 1.61. The summed E-state index contributed by atoms with van der Waals surface area (Å²) in [7, 11) is 0. The van der Waals surface area contributed by atoms with Crippen molar-refractivity contribution in [1.29, 1.82) is 0 Å². The van der Waals surface area contributed by atoms with Crippen LogP contribution in [-0.2, 0) is 6.42 Å². The molecule has 0 aliphatic heterocycles. The molecule has 27 heavy (non-hydrogen) atoms. The predicted octanol–water partition coefficient (Wildman–Crippen LogP) is 5.65. The maximum Gasteiger partial charge on any atom is 0.343 e. The third-order valence-corrected chi connectivity index (χ3v) is 4.42. The van der Waals surface area contributed by atoms with Crippen LogP contribution in [0.25, 0.3) is 0 Å². The summed E-state index contributed by atoms with van der Waals surface area (Å²) in [5.74, 6) is 0.171. The number of ether oxygens (including phenoxy) is 1. The Bertz CT molecular complexity index is 897. The summed E-state index contributed by atoms with van der Waals surface area (Å²) in [6.45, 7) is 4.14. The van der Waals surface area contributed by atoms with Crippen LogP contribution in [0.1, 0.15) is 46.9 Å². The van der Waals surface area contributed by atoms with Crippen molar-refractivity contribution < 1.29 is 9.53 Å². The molecule has 3 heteroatoms. The maximum atomic E-state index is 12.2. The number of carbonyl (C=O) groups excluding carboxylic acids is 1. The van der Waals surface area contributed by atoms with Crippen LogP contribution in [0.3, 0.4) is 0 Å². The average Bonchev–Trinajstić information content (AvgIpc) is 2.73. The smallest absolute Gasteiger partial charge is 0.343 e. The molecule has 0 saturated carbocycles. The molecule has 0 N–H and O–H groups in total. The van der Waals surface area contributed by atoms with Crippen molar-refractivity contribution in [2.24, 2.45) is 4.99 Å². The van der Waals surface area contributed by atoms with Gasteiger partial charge in [-0.25, -0.2) is 4.79 Å². The van der Waals surface area contributed by atoms with Gasteiger partial charge < -0.3 is 4.74 Å². The molecule has 0 heterocycles. The Kier molecular flexibility index (Phi) is 6.16. The van der Waals surface area contributed by atoms with E-state index in [0.29, 0.717) is 11.3 Å². The van der Waals surface area contributed by atoms with E-state index in [1.54, 1.807) is 24.3 Å². The molecule has 0 radical (unpaired) electrons. The van der Waals surface area contributed by atoms with Crippen LogP contribution in [0.4, 0.5) is 0 Å². The van der Waals surface area contributed by atoms with Crippen molar-refractivity contribution >= 4 is 12.2 Å². The minimum absolute atomic E-state index is 0.0924. The molecule has 0 amide bonds. The Morgan fingerprint density at radius 3 is 2.26 bits per heavy atom. The first-order valence-electron chi connectivity index (χ1n) is 9.15. The highest BCUT2D eigenvalue weighted by Crippen LogP contribution is 2.17. The lowest BCUT2D eigenvalue weighted by atomic mass is 10.1. The summed E-state index contributed by atoms with van der Waals surface area (Å²) in [4.78, 5) is 16.8.